The van der Waals surface area contributed by atoms with Crippen molar-refractivity contribution in [3.05, 3.63) is 106 Å². The van der Waals surface area contributed by atoms with Crippen LogP contribution in [-0.2, 0) is 24.2 Å². The van der Waals surface area contributed by atoms with Crippen LogP contribution in [-0.4, -0.2) is 72.1 Å². The lowest BCUT2D eigenvalue weighted by Crippen LogP contribution is -2.40. The first-order chi connectivity index (χ1) is 21.4. The van der Waals surface area contributed by atoms with Crippen molar-refractivity contribution < 1.29 is 32.6 Å². The van der Waals surface area contributed by atoms with E-state index >= 15 is 0 Å². The minimum atomic E-state index is -0.753. The van der Waals surface area contributed by atoms with E-state index < -0.39 is 11.6 Å². The van der Waals surface area contributed by atoms with Gasteiger partial charge in [0, 0.05) is 43.0 Å². The van der Waals surface area contributed by atoms with Gasteiger partial charge < -0.3 is 24.0 Å². The molecule has 1 saturated heterocycles. The molecule has 4 heterocycles. The molecule has 0 saturated carbocycles. The summed E-state index contributed by atoms with van der Waals surface area (Å²) in [6, 6.07) is 14.0. The third kappa shape index (κ3) is 5.70. The largest absolute Gasteiger partial charge is 0.497 e. The highest BCUT2D eigenvalue weighted by atomic mass is 19.1. The second-order valence-electron chi connectivity index (χ2n) is 10.5. The lowest BCUT2D eigenvalue weighted by Gasteiger charge is -2.26. The second kappa shape index (κ2) is 12.4. The number of nitrogens with zero attached hydrogens (tertiary/aromatic N) is 4. The normalized spacial score (nSPS) is 14.5. The van der Waals surface area contributed by atoms with Crippen LogP contribution in [0, 0.1) is 11.6 Å². The molecule has 0 aliphatic carbocycles. The van der Waals surface area contributed by atoms with Crippen LogP contribution in [0.25, 0.3) is 11.3 Å². The van der Waals surface area contributed by atoms with E-state index in [-0.39, 0.29) is 42.6 Å². The average Bonchev–Trinajstić information content (AvgIpc) is 3.36. The lowest BCUT2D eigenvalue weighted by molar-refractivity contribution is 0.0302. The summed E-state index contributed by atoms with van der Waals surface area (Å²) in [5, 5.41) is 0. The number of ether oxygens (including phenoxy) is 3. The van der Waals surface area contributed by atoms with Crippen LogP contribution in [0.1, 0.15) is 43.2 Å². The van der Waals surface area contributed by atoms with Gasteiger partial charge in [-0.15, -0.1) is 0 Å². The van der Waals surface area contributed by atoms with E-state index in [1.165, 1.54) is 24.4 Å². The van der Waals surface area contributed by atoms with Crippen molar-refractivity contribution in [2.45, 2.75) is 19.5 Å². The van der Waals surface area contributed by atoms with E-state index in [4.69, 9.17) is 14.2 Å². The second-order valence-corrected chi connectivity index (χ2v) is 10.5. The van der Waals surface area contributed by atoms with Gasteiger partial charge in [0.2, 0.25) is 0 Å². The zero-order valence-electron chi connectivity index (χ0n) is 24.3. The smallest absolute Gasteiger partial charge is 0.256 e. The molecule has 226 valence electrons. The molecule has 2 aliphatic rings. The van der Waals surface area contributed by atoms with Gasteiger partial charge in [-0.05, 0) is 48.0 Å². The predicted octanol–water partition coefficient (Wildman–Crippen LogP) is 4.66. The Morgan fingerprint density at radius 1 is 0.955 bits per heavy atom. The summed E-state index contributed by atoms with van der Waals surface area (Å²) >= 11 is 0. The Morgan fingerprint density at radius 2 is 1.73 bits per heavy atom. The Morgan fingerprint density at radius 3 is 2.41 bits per heavy atom. The van der Waals surface area contributed by atoms with Crippen molar-refractivity contribution in [2.75, 3.05) is 40.5 Å². The molecule has 0 bridgehead atoms. The third-order valence-corrected chi connectivity index (χ3v) is 7.83. The highest BCUT2D eigenvalue weighted by molar-refractivity contribution is 6.00. The number of carbonyl (C=O) groups is 2. The number of hydrogen-bond donors (Lipinski definition) is 0. The summed E-state index contributed by atoms with van der Waals surface area (Å²) in [6.45, 7) is 2.37. The summed E-state index contributed by atoms with van der Waals surface area (Å²) in [5.41, 5.74) is 2.93. The van der Waals surface area contributed by atoms with Gasteiger partial charge in [0.05, 0.1) is 68.6 Å². The van der Waals surface area contributed by atoms with Gasteiger partial charge in [0.25, 0.3) is 11.8 Å². The first-order valence-electron chi connectivity index (χ1n) is 14.2. The van der Waals surface area contributed by atoms with E-state index in [9.17, 15) is 18.4 Å². The van der Waals surface area contributed by atoms with Crippen molar-refractivity contribution >= 4 is 11.8 Å². The number of carbonyl (C=O) groups excluding carboxylic acids is 2. The number of methoxy groups -OCH3 is 2. The molecule has 44 heavy (non-hydrogen) atoms. The third-order valence-electron chi connectivity index (χ3n) is 7.83. The molecular formula is C33H30F2N4O5. The number of amides is 2. The van der Waals surface area contributed by atoms with Gasteiger partial charge in [-0.1, -0.05) is 6.07 Å². The van der Waals surface area contributed by atoms with Crippen LogP contribution in [0.3, 0.4) is 0 Å². The van der Waals surface area contributed by atoms with E-state index in [0.717, 1.165) is 5.56 Å². The minimum absolute atomic E-state index is 0.0881. The van der Waals surface area contributed by atoms with Crippen LogP contribution in [0.2, 0.25) is 0 Å². The highest BCUT2D eigenvalue weighted by Gasteiger charge is 2.33. The van der Waals surface area contributed by atoms with Gasteiger partial charge in [-0.2, -0.15) is 0 Å². The SMILES string of the molecule is COc1ccc(CN2Cc3nc(-c4c(F)cccc4F)cc(Cc4ccc(C(=O)N5CCOCC5)cn4)c3C2=O)c(OC)c1. The maximum Gasteiger partial charge on any atom is 0.256 e. The molecule has 1 fully saturated rings. The summed E-state index contributed by atoms with van der Waals surface area (Å²) in [6.07, 6.45) is 1.70. The molecule has 2 aliphatic heterocycles. The van der Waals surface area contributed by atoms with Crippen molar-refractivity contribution in [2.24, 2.45) is 0 Å². The first kappa shape index (κ1) is 29.2. The first-order valence-corrected chi connectivity index (χ1v) is 14.2. The van der Waals surface area contributed by atoms with E-state index in [1.54, 1.807) is 54.4 Å². The maximum absolute atomic E-state index is 14.9. The summed E-state index contributed by atoms with van der Waals surface area (Å²) in [5.74, 6) is -0.721. The van der Waals surface area contributed by atoms with Crippen molar-refractivity contribution in [3.8, 4) is 22.8 Å². The number of morpholine rings is 1. The van der Waals surface area contributed by atoms with E-state index in [0.29, 0.717) is 65.9 Å². The molecule has 4 aromatic rings. The van der Waals surface area contributed by atoms with Crippen molar-refractivity contribution in [1.82, 2.24) is 19.8 Å². The Kier molecular flexibility index (Phi) is 8.21. The average molecular weight is 601 g/mol. The lowest BCUT2D eigenvalue weighted by atomic mass is 9.98. The van der Waals surface area contributed by atoms with Gasteiger partial charge in [0.15, 0.2) is 0 Å². The summed E-state index contributed by atoms with van der Waals surface area (Å²) in [4.78, 5) is 39.1. The number of benzene rings is 2. The molecule has 11 heteroatoms. The van der Waals surface area contributed by atoms with Crippen molar-refractivity contribution in [1.29, 1.82) is 0 Å². The van der Waals surface area contributed by atoms with Crippen molar-refractivity contribution in [3.63, 3.8) is 0 Å². The maximum atomic E-state index is 14.9. The fourth-order valence-corrected chi connectivity index (χ4v) is 5.57. The van der Waals surface area contributed by atoms with Crippen LogP contribution >= 0.6 is 0 Å². The molecule has 6 rings (SSSR count). The quantitative estimate of drug-likeness (QED) is 0.291. The summed E-state index contributed by atoms with van der Waals surface area (Å²) < 4.78 is 45.9. The number of aromatic nitrogens is 2. The fourth-order valence-electron chi connectivity index (χ4n) is 5.57. The molecule has 0 radical (unpaired) electrons. The Labute approximate surface area is 253 Å². The Balaban J connectivity index is 1.34. The molecule has 9 nitrogen and oxygen atoms in total. The molecule has 0 N–H and O–H groups in total. The van der Waals surface area contributed by atoms with E-state index in [1.807, 2.05) is 6.07 Å². The molecule has 0 unspecified atom stereocenters. The van der Waals surface area contributed by atoms with Crippen LogP contribution < -0.4 is 9.47 Å². The number of pyridine rings is 2. The molecule has 2 amide bonds. The van der Waals surface area contributed by atoms with E-state index in [2.05, 4.69) is 9.97 Å². The molecule has 2 aromatic carbocycles. The van der Waals surface area contributed by atoms with Crippen LogP contribution in [0.5, 0.6) is 11.5 Å². The predicted molar refractivity (Wildman–Crippen MR) is 156 cm³/mol. The fraction of sp³-hybridized carbons (Fsp3) is 0.273. The number of fused-ring (bicyclic) bond motifs is 1. The highest BCUT2D eigenvalue weighted by Crippen LogP contribution is 2.34. The van der Waals surface area contributed by atoms with Gasteiger partial charge in [0.1, 0.15) is 23.1 Å². The molecular weight excluding hydrogens is 570 g/mol. The number of halogens is 2. The monoisotopic (exact) mass is 600 g/mol. The molecule has 2 aromatic heterocycles. The zero-order valence-corrected chi connectivity index (χ0v) is 24.3. The van der Waals surface area contributed by atoms with Crippen LogP contribution in [0.15, 0.2) is 60.8 Å². The minimum Gasteiger partial charge on any atom is -0.497 e. The Bertz CT molecular complexity index is 1700. The summed E-state index contributed by atoms with van der Waals surface area (Å²) in [7, 11) is 3.10. The zero-order chi connectivity index (χ0) is 30.8. The molecule has 0 spiro atoms. The van der Waals surface area contributed by atoms with Gasteiger partial charge in [-0.25, -0.2) is 13.8 Å². The standard InChI is InChI=1S/C33H30F2N4O5/c1-42-24-9-7-21(29(16-24)43-2)18-39-19-28-30(33(39)41)22(15-27(37-28)31-25(34)4-3-5-26(31)35)14-23-8-6-20(17-36-23)32(40)38-10-12-44-13-11-38/h3-9,15-17H,10-14,18-19H2,1-2H3. The topological polar surface area (TPSA) is 94.1 Å². The molecule has 0 atom stereocenters. The number of rotatable bonds is 8. The number of hydrogen-bond acceptors (Lipinski definition) is 7. The van der Waals surface area contributed by atoms with Gasteiger partial charge in [-0.3, -0.25) is 14.6 Å². The van der Waals surface area contributed by atoms with Crippen LogP contribution in [0.4, 0.5) is 8.78 Å². The Hall–Kier alpha value is -4.90. The van der Waals surface area contributed by atoms with Gasteiger partial charge >= 0.3 is 0 Å².